The zero-order chi connectivity index (χ0) is 21.4. The summed E-state index contributed by atoms with van der Waals surface area (Å²) in [6.07, 6.45) is 0. The number of nitrogens with one attached hydrogen (secondary N) is 1. The van der Waals surface area contributed by atoms with Gasteiger partial charge in [-0.15, -0.1) is 22.7 Å². The zero-order valence-electron chi connectivity index (χ0n) is 17.0. The monoisotopic (exact) mass is 436 g/mol. The number of pyridine rings is 1. The summed E-state index contributed by atoms with van der Waals surface area (Å²) in [6, 6.07) is 13.4. The third-order valence-electron chi connectivity index (χ3n) is 4.96. The van der Waals surface area contributed by atoms with Crippen molar-refractivity contribution in [1.29, 1.82) is 0 Å². The van der Waals surface area contributed by atoms with Crippen LogP contribution < -0.4 is 5.32 Å². The molecule has 0 aliphatic rings. The van der Waals surface area contributed by atoms with Crippen molar-refractivity contribution in [2.45, 2.75) is 20.8 Å². The first kappa shape index (κ1) is 20.3. The van der Waals surface area contributed by atoms with Crippen molar-refractivity contribution in [2.24, 2.45) is 0 Å². The first-order valence-corrected chi connectivity index (χ1v) is 11.0. The number of methoxy groups -OCH3 is 1. The van der Waals surface area contributed by atoms with Crippen molar-refractivity contribution in [3.63, 3.8) is 0 Å². The van der Waals surface area contributed by atoms with E-state index in [0.717, 1.165) is 31.9 Å². The number of aromatic nitrogens is 1. The maximum absolute atomic E-state index is 13.3. The number of carbonyl (C=O) groups is 2. The fourth-order valence-corrected chi connectivity index (χ4v) is 5.17. The molecule has 4 aromatic rings. The summed E-state index contributed by atoms with van der Waals surface area (Å²) in [4.78, 5) is 33.5. The van der Waals surface area contributed by atoms with Crippen molar-refractivity contribution in [3.05, 3.63) is 68.9 Å². The molecule has 0 unspecified atom stereocenters. The van der Waals surface area contributed by atoms with Gasteiger partial charge < -0.3 is 10.1 Å². The van der Waals surface area contributed by atoms with Gasteiger partial charge in [0.25, 0.3) is 5.91 Å². The summed E-state index contributed by atoms with van der Waals surface area (Å²) in [5.41, 5.74) is 3.24. The van der Waals surface area contributed by atoms with Crippen LogP contribution in [0.5, 0.6) is 0 Å². The van der Waals surface area contributed by atoms with Crippen LogP contribution in [0.3, 0.4) is 0 Å². The summed E-state index contributed by atoms with van der Waals surface area (Å²) in [5.74, 6) is -0.740. The topological polar surface area (TPSA) is 68.3 Å². The highest BCUT2D eigenvalue weighted by Crippen LogP contribution is 2.34. The Bertz CT molecular complexity index is 1290. The first-order chi connectivity index (χ1) is 14.4. The summed E-state index contributed by atoms with van der Waals surface area (Å²) < 4.78 is 4.92. The minimum Gasteiger partial charge on any atom is -0.465 e. The quantitative estimate of drug-likeness (QED) is 0.399. The van der Waals surface area contributed by atoms with E-state index < -0.39 is 5.97 Å². The third kappa shape index (κ3) is 3.62. The van der Waals surface area contributed by atoms with Gasteiger partial charge >= 0.3 is 5.97 Å². The number of aryl methyl sites for hydroxylation is 2. The number of esters is 1. The zero-order valence-corrected chi connectivity index (χ0v) is 18.7. The fourth-order valence-electron chi connectivity index (χ4n) is 3.29. The molecule has 1 N–H and O–H groups in total. The van der Waals surface area contributed by atoms with E-state index in [-0.39, 0.29) is 5.91 Å². The van der Waals surface area contributed by atoms with Crippen LogP contribution in [0, 0.1) is 20.8 Å². The van der Waals surface area contributed by atoms with E-state index in [1.807, 2.05) is 63.2 Å². The van der Waals surface area contributed by atoms with Crippen LogP contribution in [0.1, 0.15) is 36.0 Å². The molecule has 0 radical (unpaired) electrons. The van der Waals surface area contributed by atoms with Gasteiger partial charge in [-0.2, -0.15) is 0 Å². The Balaban J connectivity index is 1.81. The molecule has 5 nitrogen and oxygen atoms in total. The second-order valence-corrected chi connectivity index (χ2v) is 9.43. The molecule has 30 heavy (non-hydrogen) atoms. The SMILES string of the molecule is COC(=O)c1c(NC(=O)c2cc(-c3ccc(C)s3)nc3ccccc23)sc(C)c1C. The van der Waals surface area contributed by atoms with E-state index in [1.54, 1.807) is 11.3 Å². The molecule has 3 aromatic heterocycles. The molecule has 152 valence electrons. The van der Waals surface area contributed by atoms with E-state index in [1.165, 1.54) is 23.3 Å². The number of thiophene rings is 2. The number of ether oxygens (including phenoxy) is 1. The van der Waals surface area contributed by atoms with E-state index in [2.05, 4.69) is 5.32 Å². The standard InChI is InChI=1S/C23H20N2O3S2/c1-12-9-10-19(29-12)18-11-16(15-7-5-6-8-17(15)24-18)21(26)25-22-20(23(27)28-4)13(2)14(3)30-22/h5-11H,1-4H3,(H,25,26). The summed E-state index contributed by atoms with van der Waals surface area (Å²) >= 11 is 3.01. The Morgan fingerprint density at radius 3 is 2.50 bits per heavy atom. The maximum atomic E-state index is 13.3. The van der Waals surface area contributed by atoms with Gasteiger partial charge in [0.15, 0.2) is 0 Å². The highest BCUT2D eigenvalue weighted by molar-refractivity contribution is 7.17. The average Bonchev–Trinajstić information content (AvgIpc) is 3.29. The van der Waals surface area contributed by atoms with Crippen LogP contribution in [0.25, 0.3) is 21.5 Å². The summed E-state index contributed by atoms with van der Waals surface area (Å²) in [5, 5.41) is 4.19. The lowest BCUT2D eigenvalue weighted by molar-refractivity contribution is 0.0601. The van der Waals surface area contributed by atoms with Gasteiger partial charge in [0.05, 0.1) is 34.3 Å². The van der Waals surface area contributed by atoms with Crippen molar-refractivity contribution in [1.82, 2.24) is 4.98 Å². The average molecular weight is 437 g/mol. The molecule has 0 spiro atoms. The molecule has 0 saturated carbocycles. The Labute approximate surface area is 182 Å². The lowest BCUT2D eigenvalue weighted by Gasteiger charge is -2.10. The smallest absolute Gasteiger partial charge is 0.341 e. The maximum Gasteiger partial charge on any atom is 0.341 e. The van der Waals surface area contributed by atoms with Gasteiger partial charge in [-0.1, -0.05) is 18.2 Å². The minimum absolute atomic E-state index is 0.283. The Kier molecular flexibility index (Phi) is 5.40. The number of benzene rings is 1. The summed E-state index contributed by atoms with van der Waals surface area (Å²) in [6.45, 7) is 5.81. The van der Waals surface area contributed by atoms with Gasteiger partial charge in [-0.25, -0.2) is 9.78 Å². The van der Waals surface area contributed by atoms with Crippen molar-refractivity contribution < 1.29 is 14.3 Å². The molecule has 0 aliphatic heterocycles. The van der Waals surface area contributed by atoms with Gasteiger partial charge in [0.1, 0.15) is 5.00 Å². The molecule has 7 heteroatoms. The molecular formula is C23H20N2O3S2. The highest BCUT2D eigenvalue weighted by Gasteiger charge is 2.23. The van der Waals surface area contributed by atoms with E-state index in [9.17, 15) is 9.59 Å². The van der Waals surface area contributed by atoms with Crippen LogP contribution in [0.2, 0.25) is 0 Å². The van der Waals surface area contributed by atoms with Crippen molar-refractivity contribution in [3.8, 4) is 10.6 Å². The number of anilines is 1. The third-order valence-corrected chi connectivity index (χ3v) is 7.10. The van der Waals surface area contributed by atoms with E-state index in [4.69, 9.17) is 9.72 Å². The number of carbonyl (C=O) groups excluding carboxylic acids is 2. The second kappa shape index (κ2) is 8.01. The predicted octanol–water partition coefficient (Wildman–Crippen LogP) is 5.99. The van der Waals surface area contributed by atoms with Crippen molar-refractivity contribution >= 4 is 50.5 Å². The Morgan fingerprint density at radius 1 is 1.03 bits per heavy atom. The molecule has 0 aliphatic carbocycles. The van der Waals surface area contributed by atoms with Gasteiger partial charge in [0.2, 0.25) is 0 Å². The molecule has 1 amide bonds. The number of hydrogen-bond donors (Lipinski definition) is 1. The molecule has 1 aromatic carbocycles. The first-order valence-electron chi connectivity index (χ1n) is 9.35. The molecule has 0 saturated heterocycles. The number of fused-ring (bicyclic) bond motifs is 1. The predicted molar refractivity (Wildman–Crippen MR) is 123 cm³/mol. The van der Waals surface area contributed by atoms with Gasteiger partial charge in [0, 0.05) is 15.1 Å². The van der Waals surface area contributed by atoms with E-state index >= 15 is 0 Å². The lowest BCUT2D eigenvalue weighted by Crippen LogP contribution is -2.15. The lowest BCUT2D eigenvalue weighted by atomic mass is 10.1. The number of hydrogen-bond acceptors (Lipinski definition) is 6. The number of amides is 1. The normalized spacial score (nSPS) is 10.9. The van der Waals surface area contributed by atoms with E-state index in [0.29, 0.717) is 16.1 Å². The fraction of sp³-hybridized carbons (Fsp3) is 0.174. The molecule has 4 rings (SSSR count). The van der Waals surface area contributed by atoms with Crippen LogP contribution in [0.15, 0.2) is 42.5 Å². The molecule has 0 atom stereocenters. The second-order valence-electron chi connectivity index (χ2n) is 6.92. The van der Waals surface area contributed by atoms with Crippen LogP contribution in [-0.2, 0) is 4.74 Å². The molecule has 0 fully saturated rings. The van der Waals surface area contributed by atoms with Crippen molar-refractivity contribution in [2.75, 3.05) is 12.4 Å². The molecule has 3 heterocycles. The van der Waals surface area contributed by atoms with Crippen LogP contribution in [-0.4, -0.2) is 24.0 Å². The van der Waals surface area contributed by atoms with Crippen LogP contribution >= 0.6 is 22.7 Å². The largest absolute Gasteiger partial charge is 0.465 e. The molecule has 0 bridgehead atoms. The number of rotatable bonds is 4. The van der Waals surface area contributed by atoms with Gasteiger partial charge in [-0.05, 0) is 50.6 Å². The number of nitrogens with zero attached hydrogens (tertiary/aromatic N) is 1. The highest BCUT2D eigenvalue weighted by atomic mass is 32.1. The summed E-state index contributed by atoms with van der Waals surface area (Å²) in [7, 11) is 1.34. The Hall–Kier alpha value is -3.03. The van der Waals surface area contributed by atoms with Gasteiger partial charge in [-0.3, -0.25) is 4.79 Å². The number of para-hydroxylation sites is 1. The molecular weight excluding hydrogens is 416 g/mol. The Morgan fingerprint density at radius 2 is 1.80 bits per heavy atom. The van der Waals surface area contributed by atoms with Crippen LogP contribution in [0.4, 0.5) is 5.00 Å². The minimum atomic E-state index is -0.457.